The minimum absolute atomic E-state index is 0.0654. The molecular formula is C16H11Cl2N3O4. The molecule has 3 aromatic rings. The van der Waals surface area contributed by atoms with Gasteiger partial charge in [-0.05, 0) is 36.4 Å². The van der Waals surface area contributed by atoms with E-state index in [0.29, 0.717) is 10.0 Å². The van der Waals surface area contributed by atoms with Crippen molar-refractivity contribution in [3.8, 4) is 34.3 Å². The lowest BCUT2D eigenvalue weighted by Gasteiger charge is -2.05. The van der Waals surface area contributed by atoms with Gasteiger partial charge in [-0.2, -0.15) is 0 Å². The third-order valence-electron chi connectivity index (χ3n) is 3.36. The van der Waals surface area contributed by atoms with Crippen molar-refractivity contribution in [2.45, 2.75) is 6.54 Å². The van der Waals surface area contributed by atoms with Gasteiger partial charge in [0.25, 0.3) is 0 Å². The van der Waals surface area contributed by atoms with Gasteiger partial charge in [-0.3, -0.25) is 4.79 Å². The van der Waals surface area contributed by atoms with Gasteiger partial charge in [-0.25, -0.2) is 9.67 Å². The van der Waals surface area contributed by atoms with Crippen LogP contribution in [0.2, 0.25) is 10.0 Å². The number of phenols is 2. The molecule has 0 unspecified atom stereocenters. The quantitative estimate of drug-likeness (QED) is 0.640. The molecule has 3 N–H and O–H groups in total. The number of aromatic hydroxyl groups is 2. The number of aromatic nitrogens is 3. The first-order valence-electron chi connectivity index (χ1n) is 6.99. The predicted octanol–water partition coefficient (Wildman–Crippen LogP) is 3.41. The van der Waals surface area contributed by atoms with E-state index in [1.54, 1.807) is 0 Å². The molecular weight excluding hydrogens is 369 g/mol. The van der Waals surface area contributed by atoms with Gasteiger partial charge in [0.2, 0.25) is 0 Å². The Bertz CT molecular complexity index is 972. The summed E-state index contributed by atoms with van der Waals surface area (Å²) in [6, 6.07) is 8.64. The summed E-state index contributed by atoms with van der Waals surface area (Å²) in [7, 11) is 0. The molecule has 3 rings (SSSR count). The van der Waals surface area contributed by atoms with Gasteiger partial charge in [0, 0.05) is 10.0 Å². The van der Waals surface area contributed by atoms with Crippen LogP contribution >= 0.6 is 23.2 Å². The van der Waals surface area contributed by atoms with E-state index in [2.05, 4.69) is 10.1 Å². The van der Waals surface area contributed by atoms with E-state index >= 15 is 0 Å². The molecule has 2 aromatic carbocycles. The molecule has 0 aliphatic rings. The molecule has 0 atom stereocenters. The summed E-state index contributed by atoms with van der Waals surface area (Å²) in [5.74, 6) is -1.23. The first-order valence-corrected chi connectivity index (χ1v) is 7.75. The van der Waals surface area contributed by atoms with Crippen LogP contribution in [-0.2, 0) is 11.3 Å². The molecule has 0 bridgehead atoms. The van der Waals surface area contributed by atoms with Gasteiger partial charge in [0.15, 0.2) is 11.6 Å². The molecule has 128 valence electrons. The summed E-state index contributed by atoms with van der Waals surface area (Å²) in [4.78, 5) is 15.4. The van der Waals surface area contributed by atoms with E-state index in [1.165, 1.54) is 36.4 Å². The zero-order valence-corrected chi connectivity index (χ0v) is 14.0. The first-order chi connectivity index (χ1) is 11.8. The fourth-order valence-electron chi connectivity index (χ4n) is 2.27. The standard InChI is InChI=1S/C16H11Cl2N3O4/c17-8-1-3-12(22)10(5-8)15-19-16(21(20-15)7-14(24)25)11-6-9(18)2-4-13(11)23/h1-6,22-23H,7H2,(H,24,25). The van der Waals surface area contributed by atoms with Crippen molar-refractivity contribution in [2.24, 2.45) is 0 Å². The van der Waals surface area contributed by atoms with Gasteiger partial charge < -0.3 is 15.3 Å². The highest BCUT2D eigenvalue weighted by atomic mass is 35.5. The zero-order chi connectivity index (χ0) is 18.1. The van der Waals surface area contributed by atoms with E-state index in [9.17, 15) is 15.0 Å². The van der Waals surface area contributed by atoms with Crippen LogP contribution in [0.5, 0.6) is 11.5 Å². The number of hydrogen-bond acceptors (Lipinski definition) is 5. The number of carboxylic acid groups (broad SMARTS) is 1. The zero-order valence-electron chi connectivity index (χ0n) is 12.5. The van der Waals surface area contributed by atoms with Crippen LogP contribution < -0.4 is 0 Å². The Morgan fingerprint density at radius 2 is 1.56 bits per heavy atom. The molecule has 1 aromatic heterocycles. The molecule has 9 heteroatoms. The Labute approximate surface area is 151 Å². The summed E-state index contributed by atoms with van der Waals surface area (Å²) in [5, 5.41) is 34.0. The highest BCUT2D eigenvalue weighted by molar-refractivity contribution is 6.31. The summed E-state index contributed by atoms with van der Waals surface area (Å²) in [6.45, 7) is -0.490. The molecule has 0 fully saturated rings. The van der Waals surface area contributed by atoms with E-state index in [1.807, 2.05) is 0 Å². The normalized spacial score (nSPS) is 10.8. The second-order valence-corrected chi connectivity index (χ2v) is 6.01. The average molecular weight is 380 g/mol. The molecule has 25 heavy (non-hydrogen) atoms. The Morgan fingerprint density at radius 3 is 2.16 bits per heavy atom. The lowest BCUT2D eigenvalue weighted by Crippen LogP contribution is -2.11. The minimum Gasteiger partial charge on any atom is -0.507 e. The number of carbonyl (C=O) groups is 1. The number of halogens is 2. The predicted molar refractivity (Wildman–Crippen MR) is 91.9 cm³/mol. The van der Waals surface area contributed by atoms with E-state index in [0.717, 1.165) is 4.68 Å². The number of nitrogens with zero attached hydrogens (tertiary/aromatic N) is 3. The number of benzene rings is 2. The van der Waals surface area contributed by atoms with E-state index < -0.39 is 12.5 Å². The average Bonchev–Trinajstić information content (AvgIpc) is 2.94. The van der Waals surface area contributed by atoms with Crippen molar-refractivity contribution in [1.29, 1.82) is 0 Å². The number of hydrogen-bond donors (Lipinski definition) is 3. The maximum atomic E-state index is 11.1. The van der Waals surface area contributed by atoms with Crippen molar-refractivity contribution < 1.29 is 20.1 Å². The first kappa shape index (κ1) is 17.1. The van der Waals surface area contributed by atoms with Gasteiger partial charge in [0.05, 0.1) is 11.1 Å². The summed E-state index contributed by atoms with van der Waals surface area (Å²) >= 11 is 11.9. The highest BCUT2D eigenvalue weighted by Gasteiger charge is 2.20. The van der Waals surface area contributed by atoms with Gasteiger partial charge >= 0.3 is 5.97 Å². The largest absolute Gasteiger partial charge is 0.507 e. The highest BCUT2D eigenvalue weighted by Crippen LogP contribution is 2.34. The topological polar surface area (TPSA) is 108 Å². The lowest BCUT2D eigenvalue weighted by molar-refractivity contribution is -0.137. The monoisotopic (exact) mass is 379 g/mol. The number of rotatable bonds is 4. The van der Waals surface area contributed by atoms with Crippen LogP contribution in [0.4, 0.5) is 0 Å². The molecule has 1 heterocycles. The van der Waals surface area contributed by atoms with Crippen LogP contribution in [0, 0.1) is 0 Å². The number of carboxylic acids is 1. The minimum atomic E-state index is -1.14. The van der Waals surface area contributed by atoms with Crippen molar-refractivity contribution in [3.05, 3.63) is 46.4 Å². The van der Waals surface area contributed by atoms with Crippen molar-refractivity contribution >= 4 is 29.2 Å². The molecule has 7 nitrogen and oxygen atoms in total. The molecule has 0 amide bonds. The number of phenolic OH excluding ortho intramolecular Hbond substituents is 2. The van der Waals surface area contributed by atoms with Crippen LogP contribution in [0.15, 0.2) is 36.4 Å². The van der Waals surface area contributed by atoms with Crippen LogP contribution in [0.3, 0.4) is 0 Å². The summed E-state index contributed by atoms with van der Waals surface area (Å²) in [5.41, 5.74) is 0.452. The van der Waals surface area contributed by atoms with Crippen molar-refractivity contribution in [1.82, 2.24) is 14.8 Å². The van der Waals surface area contributed by atoms with Gasteiger partial charge in [-0.1, -0.05) is 23.2 Å². The Hall–Kier alpha value is -2.77. The lowest BCUT2D eigenvalue weighted by atomic mass is 10.1. The van der Waals surface area contributed by atoms with E-state index in [-0.39, 0.29) is 34.3 Å². The second kappa shape index (κ2) is 6.62. The molecule has 0 aliphatic heterocycles. The van der Waals surface area contributed by atoms with Crippen molar-refractivity contribution in [3.63, 3.8) is 0 Å². The number of aliphatic carboxylic acids is 1. The SMILES string of the molecule is O=C(O)Cn1nc(-c2cc(Cl)ccc2O)nc1-c1cc(Cl)ccc1O. The van der Waals surface area contributed by atoms with Crippen LogP contribution in [0.1, 0.15) is 0 Å². The third-order valence-corrected chi connectivity index (χ3v) is 3.83. The molecule has 0 aliphatic carbocycles. The van der Waals surface area contributed by atoms with Crippen LogP contribution in [0.25, 0.3) is 22.8 Å². The van der Waals surface area contributed by atoms with Gasteiger partial charge in [-0.15, -0.1) is 5.10 Å². The third kappa shape index (κ3) is 3.52. The molecule has 0 radical (unpaired) electrons. The maximum absolute atomic E-state index is 11.1. The Morgan fingerprint density at radius 1 is 1.00 bits per heavy atom. The summed E-state index contributed by atoms with van der Waals surface area (Å²) in [6.07, 6.45) is 0. The Kier molecular flexibility index (Phi) is 4.52. The molecule has 0 spiro atoms. The maximum Gasteiger partial charge on any atom is 0.325 e. The van der Waals surface area contributed by atoms with Crippen molar-refractivity contribution in [2.75, 3.05) is 0 Å². The van der Waals surface area contributed by atoms with Gasteiger partial charge in [0.1, 0.15) is 18.0 Å². The fraction of sp³-hybridized carbons (Fsp3) is 0.0625. The second-order valence-electron chi connectivity index (χ2n) is 5.13. The summed E-state index contributed by atoms with van der Waals surface area (Å²) < 4.78 is 1.10. The van der Waals surface area contributed by atoms with E-state index in [4.69, 9.17) is 28.3 Å². The smallest absolute Gasteiger partial charge is 0.325 e. The molecule has 0 saturated heterocycles. The van der Waals surface area contributed by atoms with Crippen LogP contribution in [-0.4, -0.2) is 36.1 Å². The fourth-order valence-corrected chi connectivity index (χ4v) is 2.61. The Balaban J connectivity index is 2.21. The molecule has 0 saturated carbocycles.